The molecule has 38 heavy (non-hydrogen) atoms. The second-order valence-electron chi connectivity index (χ2n) is 11.0. The molecule has 9 unspecified atom stereocenters. The SMILES string of the molecule is CCC(CC(C#N)CC1CC(CC(CC(N)CC(CC2CC(C)C(=O)N2)C(=O)O)NC=O)N=C1N)C(N)=O. The lowest BCUT2D eigenvalue weighted by Gasteiger charge is -2.25. The second-order valence-corrected chi connectivity index (χ2v) is 11.0. The van der Waals surface area contributed by atoms with Gasteiger partial charge in [0, 0.05) is 41.8 Å². The zero-order valence-electron chi connectivity index (χ0n) is 22.3. The number of rotatable bonds is 17. The van der Waals surface area contributed by atoms with Gasteiger partial charge in [0.05, 0.1) is 23.9 Å². The summed E-state index contributed by atoms with van der Waals surface area (Å²) in [6.45, 7) is 3.68. The van der Waals surface area contributed by atoms with Crippen LogP contribution < -0.4 is 27.8 Å². The van der Waals surface area contributed by atoms with Gasteiger partial charge in [-0.25, -0.2) is 0 Å². The molecule has 0 radical (unpaired) electrons. The summed E-state index contributed by atoms with van der Waals surface area (Å²) in [5.41, 5.74) is 17.9. The van der Waals surface area contributed by atoms with E-state index in [1.165, 1.54) is 0 Å². The van der Waals surface area contributed by atoms with Crippen LogP contribution in [0.5, 0.6) is 0 Å². The Bertz CT molecular complexity index is 920. The largest absolute Gasteiger partial charge is 0.481 e. The van der Waals surface area contributed by atoms with Crippen LogP contribution in [0.2, 0.25) is 0 Å². The number of carbonyl (C=O) groups excluding carboxylic acids is 3. The molecule has 0 saturated carbocycles. The molecule has 2 rings (SSSR count). The summed E-state index contributed by atoms with van der Waals surface area (Å²) in [6, 6.07) is 1.10. The highest BCUT2D eigenvalue weighted by Gasteiger charge is 2.34. The van der Waals surface area contributed by atoms with Crippen LogP contribution >= 0.6 is 0 Å². The highest BCUT2D eigenvalue weighted by Crippen LogP contribution is 2.31. The maximum absolute atomic E-state index is 11.9. The molecule has 3 amide bonds. The number of nitriles is 1. The van der Waals surface area contributed by atoms with E-state index in [1.54, 1.807) is 0 Å². The monoisotopic (exact) mass is 533 g/mol. The van der Waals surface area contributed by atoms with Crippen molar-refractivity contribution in [2.45, 2.75) is 95.8 Å². The minimum Gasteiger partial charge on any atom is -0.481 e. The minimum atomic E-state index is -0.959. The maximum Gasteiger partial charge on any atom is 0.306 e. The molecular formula is C26H43N7O5. The lowest BCUT2D eigenvalue weighted by atomic mass is 9.84. The minimum absolute atomic E-state index is 0.0625. The van der Waals surface area contributed by atoms with E-state index >= 15 is 0 Å². The molecule has 0 aromatic heterocycles. The number of amides is 3. The Balaban J connectivity index is 1.92. The molecule has 9 N–H and O–H groups in total. The predicted octanol–water partition coefficient (Wildman–Crippen LogP) is 0.391. The highest BCUT2D eigenvalue weighted by molar-refractivity contribution is 5.84. The van der Waals surface area contributed by atoms with Gasteiger partial charge in [-0.15, -0.1) is 0 Å². The smallest absolute Gasteiger partial charge is 0.306 e. The number of primary amides is 1. The summed E-state index contributed by atoms with van der Waals surface area (Å²) in [5, 5.41) is 24.9. The second kappa shape index (κ2) is 14.7. The molecule has 2 heterocycles. The van der Waals surface area contributed by atoms with Crippen molar-refractivity contribution in [3.8, 4) is 6.07 Å². The van der Waals surface area contributed by atoms with Gasteiger partial charge in [0.2, 0.25) is 18.2 Å². The topological polar surface area (TPSA) is 227 Å². The number of nitrogens with zero attached hydrogens (tertiary/aromatic N) is 2. The van der Waals surface area contributed by atoms with Gasteiger partial charge in [0.25, 0.3) is 0 Å². The number of carboxylic acids is 1. The third kappa shape index (κ3) is 9.28. The predicted molar refractivity (Wildman–Crippen MR) is 141 cm³/mol. The van der Waals surface area contributed by atoms with Crippen molar-refractivity contribution in [1.29, 1.82) is 5.26 Å². The Morgan fingerprint density at radius 1 is 1.24 bits per heavy atom. The number of hydrogen-bond acceptors (Lipinski definition) is 8. The van der Waals surface area contributed by atoms with Crippen molar-refractivity contribution in [3.05, 3.63) is 0 Å². The number of carbonyl (C=O) groups is 4. The van der Waals surface area contributed by atoms with Crippen molar-refractivity contribution >= 4 is 30.0 Å². The van der Waals surface area contributed by atoms with Crippen LogP contribution in [0.25, 0.3) is 0 Å². The van der Waals surface area contributed by atoms with Crippen molar-refractivity contribution in [3.63, 3.8) is 0 Å². The fraction of sp³-hybridized carbons (Fsp3) is 0.769. The molecule has 212 valence electrons. The molecule has 12 heteroatoms. The van der Waals surface area contributed by atoms with Gasteiger partial charge in [-0.3, -0.25) is 24.2 Å². The maximum atomic E-state index is 11.9. The van der Waals surface area contributed by atoms with Crippen LogP contribution in [0.15, 0.2) is 4.99 Å². The lowest BCUT2D eigenvalue weighted by molar-refractivity contribution is -0.142. The van der Waals surface area contributed by atoms with E-state index in [0.717, 1.165) is 0 Å². The number of hydrogen-bond donors (Lipinski definition) is 6. The van der Waals surface area contributed by atoms with E-state index in [4.69, 9.17) is 17.2 Å². The van der Waals surface area contributed by atoms with E-state index in [-0.39, 0.29) is 54.1 Å². The molecule has 0 aliphatic carbocycles. The summed E-state index contributed by atoms with van der Waals surface area (Å²) in [4.78, 5) is 51.1. The first-order chi connectivity index (χ1) is 18.0. The Kier molecular flexibility index (Phi) is 12.0. The fourth-order valence-electron chi connectivity index (χ4n) is 5.77. The Morgan fingerprint density at radius 2 is 1.95 bits per heavy atom. The van der Waals surface area contributed by atoms with Crippen LogP contribution in [-0.4, -0.2) is 59.3 Å². The molecule has 2 aliphatic heterocycles. The highest BCUT2D eigenvalue weighted by atomic mass is 16.4. The Labute approximate surface area is 224 Å². The van der Waals surface area contributed by atoms with E-state index in [9.17, 15) is 29.5 Å². The standard InChI is InChI=1S/C26H43N7O5/c1-3-16(24(30)35)5-15(12-27)6-17-8-22(32-23(17)29)11-20(31-13-34)10-19(28)7-18(26(37)38)9-21-4-14(2)25(36)33-21/h13-22H,3-11,28H2,1-2H3,(H2,29,32)(H2,30,35)(H,31,34)(H,33,36)(H,37,38). The quantitative estimate of drug-likeness (QED) is 0.143. The molecular weight excluding hydrogens is 490 g/mol. The molecule has 1 saturated heterocycles. The molecule has 12 nitrogen and oxygen atoms in total. The van der Waals surface area contributed by atoms with E-state index in [2.05, 4.69) is 21.7 Å². The van der Waals surface area contributed by atoms with Crippen LogP contribution in [-0.2, 0) is 19.2 Å². The molecule has 0 spiro atoms. The van der Waals surface area contributed by atoms with Gasteiger partial charge in [-0.1, -0.05) is 13.8 Å². The summed E-state index contributed by atoms with van der Waals surface area (Å²) in [5.74, 6) is -2.67. The Hall–Kier alpha value is -3.20. The average molecular weight is 534 g/mol. The van der Waals surface area contributed by atoms with E-state index in [1.807, 2.05) is 13.8 Å². The van der Waals surface area contributed by atoms with E-state index < -0.39 is 23.8 Å². The first-order valence-electron chi connectivity index (χ1n) is 13.5. The molecule has 2 aliphatic rings. The number of aliphatic imine (C=N–C) groups is 1. The molecule has 0 bridgehead atoms. The van der Waals surface area contributed by atoms with E-state index in [0.29, 0.717) is 63.6 Å². The fourth-order valence-corrected chi connectivity index (χ4v) is 5.77. The Morgan fingerprint density at radius 3 is 2.47 bits per heavy atom. The van der Waals surface area contributed by atoms with Gasteiger partial charge in [0.15, 0.2) is 0 Å². The zero-order chi connectivity index (χ0) is 28.4. The summed E-state index contributed by atoms with van der Waals surface area (Å²) >= 11 is 0. The molecule has 1 fully saturated rings. The first-order valence-corrected chi connectivity index (χ1v) is 13.5. The van der Waals surface area contributed by atoms with Gasteiger partial charge >= 0.3 is 5.97 Å². The first kappa shape index (κ1) is 31.0. The van der Waals surface area contributed by atoms with Crippen LogP contribution in [0.4, 0.5) is 0 Å². The molecule has 9 atom stereocenters. The van der Waals surface area contributed by atoms with Crippen LogP contribution in [0, 0.1) is 40.9 Å². The number of aliphatic carboxylic acids is 1. The molecule has 0 aromatic carbocycles. The number of nitrogens with two attached hydrogens (primary N) is 3. The summed E-state index contributed by atoms with van der Waals surface area (Å²) in [6.07, 6.45) is 4.62. The van der Waals surface area contributed by atoms with Crippen molar-refractivity contribution < 1.29 is 24.3 Å². The number of amidine groups is 1. The average Bonchev–Trinajstić information content (AvgIpc) is 3.35. The zero-order valence-corrected chi connectivity index (χ0v) is 22.3. The van der Waals surface area contributed by atoms with Crippen molar-refractivity contribution in [2.75, 3.05) is 0 Å². The number of nitrogens with one attached hydrogen (secondary N) is 2. The van der Waals surface area contributed by atoms with Gasteiger partial charge < -0.3 is 32.9 Å². The van der Waals surface area contributed by atoms with Crippen LogP contribution in [0.3, 0.4) is 0 Å². The van der Waals surface area contributed by atoms with Crippen molar-refractivity contribution in [2.24, 2.45) is 51.8 Å². The van der Waals surface area contributed by atoms with Crippen LogP contribution in [0.1, 0.15) is 71.6 Å². The van der Waals surface area contributed by atoms with Gasteiger partial charge in [0.1, 0.15) is 0 Å². The summed E-state index contributed by atoms with van der Waals surface area (Å²) < 4.78 is 0. The summed E-state index contributed by atoms with van der Waals surface area (Å²) in [7, 11) is 0. The lowest BCUT2D eigenvalue weighted by Crippen LogP contribution is -2.39. The van der Waals surface area contributed by atoms with Crippen molar-refractivity contribution in [1.82, 2.24) is 10.6 Å². The van der Waals surface area contributed by atoms with Gasteiger partial charge in [-0.05, 0) is 57.8 Å². The normalized spacial score (nSPS) is 26.8. The van der Waals surface area contributed by atoms with Gasteiger partial charge in [-0.2, -0.15) is 5.26 Å². The third-order valence-corrected chi connectivity index (χ3v) is 7.91. The number of carboxylic acid groups (broad SMARTS) is 1. The molecule has 0 aromatic rings. The third-order valence-electron chi connectivity index (χ3n) is 7.91.